The summed E-state index contributed by atoms with van der Waals surface area (Å²) in [5.74, 6) is -0.502. The van der Waals surface area contributed by atoms with Gasteiger partial charge in [0.1, 0.15) is 24.3 Å². The number of nitrogens with zero attached hydrogens (tertiary/aromatic N) is 3. The SMILES string of the molecule is COn1cc(C2=N[C@@](c3ccc(F)cc3)(c3ccnc(F)c3)[C@H](C)N2)ccc1=O. The molecule has 0 radical (unpaired) electrons. The monoisotopic (exact) mass is 396 g/mol. The minimum atomic E-state index is -1.01. The molecular formula is C21H18F2N4O2. The molecule has 1 aromatic carbocycles. The van der Waals surface area contributed by atoms with Crippen LogP contribution in [-0.4, -0.2) is 28.7 Å². The minimum Gasteiger partial charge on any atom is -0.414 e. The lowest BCUT2D eigenvalue weighted by Crippen LogP contribution is -2.41. The molecule has 0 fully saturated rings. The highest BCUT2D eigenvalue weighted by molar-refractivity contribution is 6.00. The predicted octanol–water partition coefficient (Wildman–Crippen LogP) is 2.26. The molecular weight excluding hydrogens is 378 g/mol. The van der Waals surface area contributed by atoms with E-state index in [2.05, 4.69) is 10.3 Å². The Hall–Kier alpha value is -3.55. The second kappa shape index (κ2) is 7.12. The van der Waals surface area contributed by atoms with Crippen LogP contribution in [0.4, 0.5) is 8.78 Å². The maximum absolute atomic E-state index is 14.0. The average molecular weight is 396 g/mol. The van der Waals surface area contributed by atoms with Crippen LogP contribution in [0.15, 0.2) is 70.7 Å². The summed E-state index contributed by atoms with van der Waals surface area (Å²) in [4.78, 5) is 25.4. The van der Waals surface area contributed by atoms with Crippen molar-refractivity contribution in [3.8, 4) is 0 Å². The lowest BCUT2D eigenvalue weighted by Gasteiger charge is -2.31. The Labute approximate surface area is 165 Å². The van der Waals surface area contributed by atoms with Crippen LogP contribution in [0.5, 0.6) is 0 Å². The maximum atomic E-state index is 14.0. The number of amidine groups is 1. The normalized spacial score (nSPS) is 20.8. The van der Waals surface area contributed by atoms with Crippen molar-refractivity contribution in [2.75, 3.05) is 7.11 Å². The summed E-state index contributed by atoms with van der Waals surface area (Å²) in [5, 5.41) is 3.31. The Morgan fingerprint density at radius 3 is 2.55 bits per heavy atom. The van der Waals surface area contributed by atoms with Gasteiger partial charge in [-0.15, -0.1) is 0 Å². The van der Waals surface area contributed by atoms with Crippen molar-refractivity contribution in [1.29, 1.82) is 0 Å². The Balaban J connectivity index is 1.93. The molecule has 1 aliphatic rings. The van der Waals surface area contributed by atoms with E-state index < -0.39 is 11.5 Å². The molecule has 0 bridgehead atoms. The standard InChI is InChI=1S/C21H18F2N4O2/c1-13-21(15-4-6-17(22)7-5-15,16-9-10-24-18(23)11-16)26-20(25-13)14-3-8-19(28)27(12-14)29-2/h3-13H,1-2H3,(H,25,26)/t13-,21-/m0/s1. The number of hydrogen-bond acceptors (Lipinski definition) is 5. The molecule has 8 heteroatoms. The van der Waals surface area contributed by atoms with E-state index in [1.54, 1.807) is 24.3 Å². The van der Waals surface area contributed by atoms with Gasteiger partial charge < -0.3 is 10.2 Å². The third-order valence-electron chi connectivity index (χ3n) is 5.07. The number of rotatable bonds is 4. The first-order chi connectivity index (χ1) is 13.9. The van der Waals surface area contributed by atoms with Crippen molar-refractivity contribution in [3.05, 3.63) is 99.7 Å². The molecule has 0 saturated heterocycles. The molecule has 0 spiro atoms. The molecule has 2 aromatic heterocycles. The second-order valence-corrected chi connectivity index (χ2v) is 6.73. The molecule has 3 heterocycles. The van der Waals surface area contributed by atoms with E-state index in [1.165, 1.54) is 43.8 Å². The highest BCUT2D eigenvalue weighted by Gasteiger charge is 2.45. The van der Waals surface area contributed by atoms with Gasteiger partial charge in [0.05, 0.1) is 12.2 Å². The second-order valence-electron chi connectivity index (χ2n) is 6.73. The van der Waals surface area contributed by atoms with E-state index in [4.69, 9.17) is 9.83 Å². The predicted molar refractivity (Wildman–Crippen MR) is 104 cm³/mol. The smallest absolute Gasteiger partial charge is 0.282 e. The topological polar surface area (TPSA) is 68.5 Å². The van der Waals surface area contributed by atoms with Gasteiger partial charge in [-0.25, -0.2) is 14.4 Å². The molecule has 1 N–H and O–H groups in total. The van der Waals surface area contributed by atoms with Crippen LogP contribution in [0.1, 0.15) is 23.6 Å². The van der Waals surface area contributed by atoms with Gasteiger partial charge in [-0.05, 0) is 48.4 Å². The molecule has 148 valence electrons. The summed E-state index contributed by atoms with van der Waals surface area (Å²) in [6, 6.07) is 11.7. The van der Waals surface area contributed by atoms with Crippen LogP contribution in [0.3, 0.4) is 0 Å². The number of pyridine rings is 2. The molecule has 6 nitrogen and oxygen atoms in total. The first-order valence-corrected chi connectivity index (χ1v) is 8.96. The van der Waals surface area contributed by atoms with Gasteiger partial charge in [0, 0.05) is 17.8 Å². The fourth-order valence-electron chi connectivity index (χ4n) is 3.65. The summed E-state index contributed by atoms with van der Waals surface area (Å²) in [5.41, 5.74) is 0.563. The molecule has 4 rings (SSSR count). The van der Waals surface area contributed by atoms with Gasteiger partial charge in [-0.1, -0.05) is 12.1 Å². The van der Waals surface area contributed by atoms with Gasteiger partial charge in [0.25, 0.3) is 5.56 Å². The van der Waals surface area contributed by atoms with E-state index in [-0.39, 0.29) is 17.4 Å². The van der Waals surface area contributed by atoms with Crippen molar-refractivity contribution >= 4 is 5.84 Å². The van der Waals surface area contributed by atoms with Crippen molar-refractivity contribution < 1.29 is 13.6 Å². The fraction of sp³-hybridized carbons (Fsp3) is 0.190. The number of aromatic nitrogens is 2. The maximum Gasteiger partial charge on any atom is 0.282 e. The fourth-order valence-corrected chi connectivity index (χ4v) is 3.65. The largest absolute Gasteiger partial charge is 0.414 e. The molecule has 3 aromatic rings. The van der Waals surface area contributed by atoms with E-state index >= 15 is 0 Å². The Morgan fingerprint density at radius 1 is 1.10 bits per heavy atom. The van der Waals surface area contributed by atoms with Gasteiger partial charge in [0.15, 0.2) is 0 Å². The molecule has 29 heavy (non-hydrogen) atoms. The van der Waals surface area contributed by atoms with Gasteiger partial charge in [0.2, 0.25) is 5.95 Å². The highest BCUT2D eigenvalue weighted by atomic mass is 19.1. The van der Waals surface area contributed by atoms with Crippen LogP contribution in [-0.2, 0) is 5.54 Å². The number of hydrogen-bond donors (Lipinski definition) is 1. The van der Waals surface area contributed by atoms with Crippen LogP contribution >= 0.6 is 0 Å². The zero-order valence-electron chi connectivity index (χ0n) is 15.8. The molecule has 0 unspecified atom stereocenters. The van der Waals surface area contributed by atoms with Crippen LogP contribution in [0, 0.1) is 11.8 Å². The molecule has 0 aliphatic carbocycles. The molecule has 0 saturated carbocycles. The van der Waals surface area contributed by atoms with Crippen LogP contribution in [0.2, 0.25) is 0 Å². The van der Waals surface area contributed by atoms with E-state index in [0.717, 1.165) is 4.73 Å². The summed E-state index contributed by atoms with van der Waals surface area (Å²) < 4.78 is 28.6. The third-order valence-corrected chi connectivity index (χ3v) is 5.07. The van der Waals surface area contributed by atoms with E-state index in [9.17, 15) is 13.6 Å². The van der Waals surface area contributed by atoms with Crippen LogP contribution < -0.4 is 15.7 Å². The Bertz CT molecular complexity index is 1140. The van der Waals surface area contributed by atoms with Gasteiger partial charge in [-0.2, -0.15) is 9.12 Å². The lowest BCUT2D eigenvalue weighted by molar-refractivity contribution is 0.157. The number of halogens is 2. The number of nitrogens with one attached hydrogen (secondary N) is 1. The highest BCUT2D eigenvalue weighted by Crippen LogP contribution is 2.41. The summed E-state index contributed by atoms with van der Waals surface area (Å²) >= 11 is 0. The van der Waals surface area contributed by atoms with Crippen LogP contribution in [0.25, 0.3) is 0 Å². The molecule has 2 atom stereocenters. The van der Waals surface area contributed by atoms with Crippen molar-refractivity contribution in [2.45, 2.75) is 18.5 Å². The van der Waals surface area contributed by atoms with Crippen molar-refractivity contribution in [1.82, 2.24) is 15.0 Å². The number of aliphatic imine (C=N–C) groups is 1. The zero-order valence-corrected chi connectivity index (χ0v) is 15.8. The van der Waals surface area contributed by atoms with Crippen molar-refractivity contribution in [3.63, 3.8) is 0 Å². The first kappa shape index (κ1) is 18.8. The first-order valence-electron chi connectivity index (χ1n) is 8.96. The number of benzene rings is 1. The van der Waals surface area contributed by atoms with E-state index in [1.807, 2.05) is 6.92 Å². The van der Waals surface area contributed by atoms with Gasteiger partial charge in [-0.3, -0.25) is 4.79 Å². The Kier molecular flexibility index (Phi) is 4.62. The van der Waals surface area contributed by atoms with E-state index in [0.29, 0.717) is 22.5 Å². The minimum absolute atomic E-state index is 0.298. The zero-order chi connectivity index (χ0) is 20.6. The van der Waals surface area contributed by atoms with Crippen molar-refractivity contribution in [2.24, 2.45) is 4.99 Å². The Morgan fingerprint density at radius 2 is 1.86 bits per heavy atom. The lowest BCUT2D eigenvalue weighted by atomic mass is 9.79. The summed E-state index contributed by atoms with van der Waals surface area (Å²) in [7, 11) is 1.39. The molecule has 0 amide bonds. The third kappa shape index (κ3) is 3.16. The summed E-state index contributed by atoms with van der Waals surface area (Å²) in [6.45, 7) is 1.91. The van der Waals surface area contributed by atoms with Gasteiger partial charge >= 0.3 is 0 Å². The summed E-state index contributed by atoms with van der Waals surface area (Å²) in [6.07, 6.45) is 2.90. The average Bonchev–Trinajstić information content (AvgIpc) is 3.07. The molecule has 1 aliphatic heterocycles. The quantitative estimate of drug-likeness (QED) is 0.687.